The Labute approximate surface area is 109 Å². The minimum Gasteiger partial charge on any atom is -0.380 e. The molecule has 0 unspecified atom stereocenters. The van der Waals surface area contributed by atoms with Crippen LogP contribution in [-0.4, -0.2) is 4.57 Å². The molecule has 0 atom stereocenters. The molecule has 0 bridgehead atoms. The van der Waals surface area contributed by atoms with E-state index in [9.17, 15) is 4.39 Å². The average molecular weight is 297 g/mol. The third-order valence-corrected chi connectivity index (χ3v) is 3.25. The number of aryl methyl sites for hydroxylation is 1. The van der Waals surface area contributed by atoms with E-state index in [1.54, 1.807) is 6.07 Å². The van der Waals surface area contributed by atoms with Gasteiger partial charge in [-0.3, -0.25) is 0 Å². The van der Waals surface area contributed by atoms with Gasteiger partial charge >= 0.3 is 0 Å². The molecule has 0 aliphatic rings. The molecule has 2 nitrogen and oxygen atoms in total. The molecule has 0 spiro atoms. The van der Waals surface area contributed by atoms with E-state index >= 15 is 0 Å². The minimum atomic E-state index is -0.237. The quantitative estimate of drug-likeness (QED) is 0.902. The van der Waals surface area contributed by atoms with Crippen LogP contribution in [0.3, 0.4) is 0 Å². The third kappa shape index (κ3) is 3.09. The highest BCUT2D eigenvalue weighted by atomic mass is 79.9. The molecule has 0 radical (unpaired) electrons. The fourth-order valence-electron chi connectivity index (χ4n) is 1.62. The lowest BCUT2D eigenvalue weighted by molar-refractivity contribution is 0.627. The van der Waals surface area contributed by atoms with E-state index in [-0.39, 0.29) is 5.82 Å². The van der Waals surface area contributed by atoms with Gasteiger partial charge in [-0.2, -0.15) is 0 Å². The molecule has 0 saturated carbocycles. The summed E-state index contributed by atoms with van der Waals surface area (Å²) in [5.74, 6) is -0.237. The Kier molecular flexibility index (Phi) is 3.84. The first-order valence-corrected chi connectivity index (χ1v) is 6.32. The number of rotatable bonds is 4. The van der Waals surface area contributed by atoms with Crippen molar-refractivity contribution in [2.45, 2.75) is 20.0 Å². The first kappa shape index (κ1) is 12.2. The summed E-state index contributed by atoms with van der Waals surface area (Å²) < 4.78 is 15.8. The van der Waals surface area contributed by atoms with Crippen molar-refractivity contribution in [2.75, 3.05) is 5.32 Å². The molecule has 90 valence electrons. The molecule has 2 rings (SSSR count). The number of hydrogen-bond acceptors (Lipinski definition) is 1. The lowest BCUT2D eigenvalue weighted by Crippen LogP contribution is -1.99. The Morgan fingerprint density at radius 1 is 1.35 bits per heavy atom. The van der Waals surface area contributed by atoms with Crippen LogP contribution < -0.4 is 5.32 Å². The van der Waals surface area contributed by atoms with Crippen molar-refractivity contribution >= 4 is 21.6 Å². The summed E-state index contributed by atoms with van der Waals surface area (Å²) >= 11 is 3.33. The van der Waals surface area contributed by atoms with Crippen molar-refractivity contribution < 1.29 is 4.39 Å². The van der Waals surface area contributed by atoms with Gasteiger partial charge < -0.3 is 9.88 Å². The maximum Gasteiger partial charge on any atom is 0.124 e. The predicted molar refractivity (Wildman–Crippen MR) is 71.5 cm³/mol. The highest BCUT2D eigenvalue weighted by Gasteiger charge is 2.01. The molecule has 0 amide bonds. The Morgan fingerprint density at radius 3 is 2.82 bits per heavy atom. The normalized spacial score (nSPS) is 10.5. The molecule has 1 heterocycles. The van der Waals surface area contributed by atoms with Crippen LogP contribution in [0.4, 0.5) is 10.1 Å². The lowest BCUT2D eigenvalue weighted by Gasteiger charge is -2.07. The summed E-state index contributed by atoms with van der Waals surface area (Å²) in [5, 5.41) is 3.27. The SMILES string of the molecule is CCn1ccc(CNc2ccc(F)cc2Br)c1. The predicted octanol–water partition coefficient (Wildman–Crippen LogP) is 4.02. The van der Waals surface area contributed by atoms with Gasteiger partial charge in [0.1, 0.15) is 5.82 Å². The second kappa shape index (κ2) is 5.36. The molecule has 2 aromatic rings. The molecule has 4 heteroatoms. The van der Waals surface area contributed by atoms with E-state index in [1.807, 2.05) is 0 Å². The van der Waals surface area contributed by atoms with Crippen LogP contribution in [0.2, 0.25) is 0 Å². The largest absolute Gasteiger partial charge is 0.380 e. The number of nitrogens with zero attached hydrogens (tertiary/aromatic N) is 1. The molecule has 1 N–H and O–H groups in total. The second-order valence-electron chi connectivity index (χ2n) is 3.83. The molecule has 0 aliphatic heterocycles. The van der Waals surface area contributed by atoms with Gasteiger partial charge in [-0.25, -0.2) is 4.39 Å². The molecule has 0 fully saturated rings. The lowest BCUT2D eigenvalue weighted by atomic mass is 10.3. The van der Waals surface area contributed by atoms with Crippen molar-refractivity contribution in [1.29, 1.82) is 0 Å². The van der Waals surface area contributed by atoms with Crippen LogP contribution in [0, 0.1) is 5.82 Å². The summed E-state index contributed by atoms with van der Waals surface area (Å²) in [5.41, 5.74) is 2.11. The zero-order chi connectivity index (χ0) is 12.3. The van der Waals surface area contributed by atoms with Gasteiger partial charge in [0.05, 0.1) is 0 Å². The Morgan fingerprint density at radius 2 is 2.18 bits per heavy atom. The zero-order valence-corrected chi connectivity index (χ0v) is 11.2. The Hall–Kier alpha value is -1.29. The van der Waals surface area contributed by atoms with Gasteiger partial charge in [0, 0.05) is 35.6 Å². The van der Waals surface area contributed by atoms with E-state index in [0.717, 1.165) is 23.2 Å². The number of aromatic nitrogens is 1. The van der Waals surface area contributed by atoms with E-state index in [1.165, 1.54) is 17.7 Å². The van der Waals surface area contributed by atoms with Gasteiger partial charge in [0.15, 0.2) is 0 Å². The minimum absolute atomic E-state index is 0.237. The third-order valence-electron chi connectivity index (χ3n) is 2.59. The summed E-state index contributed by atoms with van der Waals surface area (Å²) in [6, 6.07) is 6.72. The van der Waals surface area contributed by atoms with Crippen LogP contribution >= 0.6 is 15.9 Å². The maximum absolute atomic E-state index is 12.9. The first-order chi connectivity index (χ1) is 8.19. The molecular formula is C13H14BrFN2. The Bertz CT molecular complexity index is 508. The van der Waals surface area contributed by atoms with Gasteiger partial charge in [0.2, 0.25) is 0 Å². The van der Waals surface area contributed by atoms with Crippen LogP contribution in [0.1, 0.15) is 12.5 Å². The smallest absolute Gasteiger partial charge is 0.124 e. The van der Waals surface area contributed by atoms with Crippen LogP contribution in [0.15, 0.2) is 41.1 Å². The van der Waals surface area contributed by atoms with Gasteiger partial charge in [-0.15, -0.1) is 0 Å². The highest BCUT2D eigenvalue weighted by molar-refractivity contribution is 9.10. The van der Waals surface area contributed by atoms with Crippen molar-refractivity contribution in [2.24, 2.45) is 0 Å². The van der Waals surface area contributed by atoms with Crippen molar-refractivity contribution in [3.63, 3.8) is 0 Å². The number of nitrogens with one attached hydrogen (secondary N) is 1. The fourth-order valence-corrected chi connectivity index (χ4v) is 2.11. The van der Waals surface area contributed by atoms with E-state index in [2.05, 4.69) is 51.2 Å². The average Bonchev–Trinajstić information content (AvgIpc) is 2.76. The second-order valence-corrected chi connectivity index (χ2v) is 4.68. The number of benzene rings is 1. The summed E-state index contributed by atoms with van der Waals surface area (Å²) in [6.07, 6.45) is 4.15. The molecule has 1 aromatic carbocycles. The number of hydrogen-bond donors (Lipinski definition) is 1. The molecule has 1 aromatic heterocycles. The molecule has 17 heavy (non-hydrogen) atoms. The topological polar surface area (TPSA) is 17.0 Å². The summed E-state index contributed by atoms with van der Waals surface area (Å²) in [7, 11) is 0. The van der Waals surface area contributed by atoms with Gasteiger partial charge in [0.25, 0.3) is 0 Å². The van der Waals surface area contributed by atoms with Gasteiger partial charge in [-0.1, -0.05) is 0 Å². The van der Waals surface area contributed by atoms with Crippen LogP contribution in [0.25, 0.3) is 0 Å². The fraction of sp³-hybridized carbons (Fsp3) is 0.231. The maximum atomic E-state index is 12.9. The zero-order valence-electron chi connectivity index (χ0n) is 9.58. The number of anilines is 1. The molecule has 0 aliphatic carbocycles. The Balaban J connectivity index is 2.02. The molecular weight excluding hydrogens is 283 g/mol. The van der Waals surface area contributed by atoms with Gasteiger partial charge in [-0.05, 0) is 52.7 Å². The molecule has 0 saturated heterocycles. The van der Waals surface area contributed by atoms with E-state index in [0.29, 0.717) is 0 Å². The number of halogens is 2. The summed E-state index contributed by atoms with van der Waals surface area (Å²) in [4.78, 5) is 0. The van der Waals surface area contributed by atoms with Crippen molar-refractivity contribution in [3.05, 3.63) is 52.5 Å². The van der Waals surface area contributed by atoms with Crippen molar-refractivity contribution in [1.82, 2.24) is 4.57 Å². The van der Waals surface area contributed by atoms with E-state index < -0.39 is 0 Å². The first-order valence-electron chi connectivity index (χ1n) is 5.52. The van der Waals surface area contributed by atoms with Crippen molar-refractivity contribution in [3.8, 4) is 0 Å². The summed E-state index contributed by atoms with van der Waals surface area (Å²) in [6.45, 7) is 3.81. The highest BCUT2D eigenvalue weighted by Crippen LogP contribution is 2.23. The monoisotopic (exact) mass is 296 g/mol. The van der Waals surface area contributed by atoms with Crippen LogP contribution in [-0.2, 0) is 13.1 Å². The standard InChI is InChI=1S/C13H14BrFN2/c1-2-17-6-5-10(9-17)8-16-13-4-3-11(15)7-12(13)14/h3-7,9,16H,2,8H2,1H3. The van der Waals surface area contributed by atoms with Crippen LogP contribution in [0.5, 0.6) is 0 Å². The van der Waals surface area contributed by atoms with E-state index in [4.69, 9.17) is 0 Å².